The molecular weight excluding hydrogens is 781 g/mol. The molecule has 6 aliphatic carbocycles. The van der Waals surface area contributed by atoms with Crippen molar-refractivity contribution in [1.29, 1.82) is 0 Å². The molecule has 0 heterocycles. The fourth-order valence-corrected chi connectivity index (χ4v) is 7.57. The summed E-state index contributed by atoms with van der Waals surface area (Å²) in [5, 5.41) is 0. The van der Waals surface area contributed by atoms with E-state index in [0.717, 1.165) is 23.7 Å². The number of hydrogen-bond acceptors (Lipinski definition) is 0. The predicted molar refractivity (Wildman–Crippen MR) is 196 cm³/mol. The fraction of sp³-hybridized carbons (Fsp3) is 0.526. The molecule has 0 saturated heterocycles. The van der Waals surface area contributed by atoms with Crippen molar-refractivity contribution in [2.45, 2.75) is 94.9 Å². The van der Waals surface area contributed by atoms with E-state index in [9.17, 15) is 0 Å². The predicted octanol–water partition coefficient (Wildman–Crippen LogP) is 12.7. The minimum absolute atomic E-state index is 0. The molecule has 0 N–H and O–H groups in total. The molecule has 44 heavy (non-hydrogen) atoms. The third kappa shape index (κ3) is 9.95. The first-order valence-electron chi connectivity index (χ1n) is 15.0. The first-order chi connectivity index (χ1) is 17.9. The molecule has 6 heteroatoms. The number of rotatable bonds is 1. The van der Waals surface area contributed by atoms with Crippen LogP contribution in [0, 0.1) is 47.3 Å². The summed E-state index contributed by atoms with van der Waals surface area (Å²) in [6, 6.07) is 0. The van der Waals surface area contributed by atoms with Gasteiger partial charge in [0.25, 0.3) is 0 Å². The Kier molecular flexibility index (Phi) is 22.8. The number of allylic oxidation sites excluding steroid dienone is 16. The average Bonchev–Trinajstić information content (AvgIpc) is 3.63. The summed E-state index contributed by atoms with van der Waals surface area (Å²) in [4.78, 5) is 0. The number of fused-ring (bicyclic) bond motifs is 2. The molecule has 0 nitrogen and oxygen atoms in total. The molecule has 0 aromatic rings. The molecule has 0 aliphatic heterocycles. The molecule has 6 aliphatic rings. The Hall–Kier alpha value is 0.846. The Morgan fingerprint density at radius 1 is 0.500 bits per heavy atom. The van der Waals surface area contributed by atoms with Crippen LogP contribution in [0.4, 0.5) is 0 Å². The standard InChI is InChI=1S/C20H30.2C9H11.4ClH.2Zr/c1-11-13(3)17(19(7,8)15(11)5)18-14(4)12(2)16(6)20(18,9)10;2*1-2-5-9-7-3-6-8(9)4-1;;;;;;/h1-10H3;2*1-2,4-6,8-9H,3,7H2;4*1H;;/q;2*-1;;;;;;. The van der Waals surface area contributed by atoms with Crippen LogP contribution in [-0.2, 0) is 52.4 Å². The topological polar surface area (TPSA) is 0 Å². The van der Waals surface area contributed by atoms with Crippen LogP contribution in [0.25, 0.3) is 0 Å². The van der Waals surface area contributed by atoms with Gasteiger partial charge in [0.2, 0.25) is 0 Å². The SMILES string of the molecule is C1=CC2[CH-]CCC2C=C1.C1=CC2[CH-]CCC2C=C1.CC1=C(C)C(C)(C)C(C2=C(C)C(C)=C(C)C2(C)C)=C1C.Cl.Cl.Cl.Cl.[Zr].[Zr]. The first kappa shape index (κ1) is 49.2. The normalized spacial score (nSPS) is 27.6. The van der Waals surface area contributed by atoms with Crippen LogP contribution in [0.5, 0.6) is 0 Å². The maximum atomic E-state index is 2.42. The Labute approximate surface area is 334 Å². The van der Waals surface area contributed by atoms with E-state index in [-0.39, 0.29) is 113 Å². The van der Waals surface area contributed by atoms with E-state index < -0.39 is 0 Å². The second-order valence-electron chi connectivity index (χ2n) is 13.4. The summed E-state index contributed by atoms with van der Waals surface area (Å²) in [7, 11) is 0. The van der Waals surface area contributed by atoms with Crippen LogP contribution < -0.4 is 0 Å². The Balaban J connectivity index is -0.000000593. The van der Waals surface area contributed by atoms with E-state index in [1.54, 1.807) is 11.1 Å². The quantitative estimate of drug-likeness (QED) is 0.231. The van der Waals surface area contributed by atoms with Crippen molar-refractivity contribution >= 4 is 49.6 Å². The maximum absolute atomic E-state index is 2.42. The molecule has 0 aromatic carbocycles. The van der Waals surface area contributed by atoms with E-state index in [0.29, 0.717) is 0 Å². The van der Waals surface area contributed by atoms with Crippen LogP contribution in [-0.4, -0.2) is 0 Å². The summed E-state index contributed by atoms with van der Waals surface area (Å²) >= 11 is 0. The van der Waals surface area contributed by atoms with Gasteiger partial charge >= 0.3 is 0 Å². The molecule has 2 saturated carbocycles. The Bertz CT molecular complexity index is 1080. The van der Waals surface area contributed by atoms with Crippen molar-refractivity contribution in [2.24, 2.45) is 34.5 Å². The molecule has 0 radical (unpaired) electrons. The van der Waals surface area contributed by atoms with Gasteiger partial charge in [-0.1, -0.05) is 88.1 Å². The van der Waals surface area contributed by atoms with Crippen LogP contribution in [0.1, 0.15) is 94.9 Å². The van der Waals surface area contributed by atoms with Crippen molar-refractivity contribution in [3.63, 3.8) is 0 Å². The molecule has 4 atom stereocenters. The van der Waals surface area contributed by atoms with Gasteiger partial charge in [-0.05, 0) is 86.8 Å². The molecule has 6 rings (SSSR count). The third-order valence-electron chi connectivity index (χ3n) is 10.8. The number of hydrogen-bond donors (Lipinski definition) is 0. The molecule has 0 spiro atoms. The Morgan fingerprint density at radius 2 is 0.795 bits per heavy atom. The van der Waals surface area contributed by atoms with Gasteiger partial charge in [-0.3, -0.25) is 0 Å². The zero-order valence-corrected chi connectivity index (χ0v) is 36.7. The zero-order valence-electron chi connectivity index (χ0n) is 28.5. The molecule has 0 bridgehead atoms. The zero-order chi connectivity index (χ0) is 27.8. The smallest absolute Gasteiger partial charge is 0.0114 e. The van der Waals surface area contributed by atoms with E-state index >= 15 is 0 Å². The van der Waals surface area contributed by atoms with Crippen molar-refractivity contribution in [3.05, 3.63) is 106 Å². The molecule has 0 aromatic heterocycles. The number of halogens is 4. The van der Waals surface area contributed by atoms with Crippen molar-refractivity contribution in [2.75, 3.05) is 0 Å². The van der Waals surface area contributed by atoms with Crippen LogP contribution in [0.15, 0.2) is 93.2 Å². The van der Waals surface area contributed by atoms with Crippen molar-refractivity contribution in [3.8, 4) is 0 Å². The molecule has 0 amide bonds. The van der Waals surface area contributed by atoms with Gasteiger partial charge in [0.1, 0.15) is 0 Å². The van der Waals surface area contributed by atoms with Gasteiger partial charge in [-0.25, -0.2) is 0 Å². The van der Waals surface area contributed by atoms with Crippen molar-refractivity contribution in [1.82, 2.24) is 0 Å². The second kappa shape index (κ2) is 20.4. The second-order valence-corrected chi connectivity index (χ2v) is 13.4. The fourth-order valence-electron chi connectivity index (χ4n) is 7.57. The largest absolute Gasteiger partial charge is 0.321 e. The Morgan fingerprint density at radius 3 is 1.05 bits per heavy atom. The van der Waals surface area contributed by atoms with E-state index in [2.05, 4.69) is 131 Å². The van der Waals surface area contributed by atoms with E-state index in [1.165, 1.54) is 59.1 Å². The minimum atomic E-state index is 0. The summed E-state index contributed by atoms with van der Waals surface area (Å²) in [6.45, 7) is 23.3. The average molecular weight is 837 g/mol. The first-order valence-corrected chi connectivity index (χ1v) is 15.0. The van der Waals surface area contributed by atoms with Gasteiger partial charge in [-0.2, -0.15) is 12.8 Å². The van der Waals surface area contributed by atoms with E-state index in [4.69, 9.17) is 0 Å². The minimum Gasteiger partial charge on any atom is -0.321 e. The van der Waals surface area contributed by atoms with Gasteiger partial charge < -0.3 is 12.8 Å². The van der Waals surface area contributed by atoms with Gasteiger partial charge in [-0.15, -0.1) is 73.6 Å². The summed E-state index contributed by atoms with van der Waals surface area (Å²) in [6.07, 6.45) is 28.1. The molecule has 2 fully saturated rings. The maximum Gasteiger partial charge on any atom is 0.0114 e. The van der Waals surface area contributed by atoms with Gasteiger partial charge in [0.15, 0.2) is 0 Å². The molecule has 246 valence electrons. The molecule has 4 unspecified atom stereocenters. The van der Waals surface area contributed by atoms with Crippen molar-refractivity contribution < 1.29 is 52.4 Å². The summed E-state index contributed by atoms with van der Waals surface area (Å²) in [5.41, 5.74) is 12.5. The third-order valence-corrected chi connectivity index (χ3v) is 10.8. The monoisotopic (exact) mass is 832 g/mol. The van der Waals surface area contributed by atoms with Crippen LogP contribution in [0.3, 0.4) is 0 Å². The summed E-state index contributed by atoms with van der Waals surface area (Å²) < 4.78 is 0. The van der Waals surface area contributed by atoms with Gasteiger partial charge in [0.05, 0.1) is 0 Å². The van der Waals surface area contributed by atoms with Crippen LogP contribution in [0.2, 0.25) is 0 Å². The summed E-state index contributed by atoms with van der Waals surface area (Å²) in [5.74, 6) is 3.23. The van der Waals surface area contributed by atoms with Gasteiger partial charge in [0, 0.05) is 63.2 Å². The van der Waals surface area contributed by atoms with E-state index in [1.807, 2.05) is 0 Å². The van der Waals surface area contributed by atoms with Crippen LogP contribution >= 0.6 is 49.6 Å². The molecular formula is C38H56Cl4Zr2-2.